The molecule has 0 atom stereocenters. The lowest BCUT2D eigenvalue weighted by molar-refractivity contribution is 0.629. The second-order valence-electron chi connectivity index (χ2n) is 4.87. The summed E-state index contributed by atoms with van der Waals surface area (Å²) in [7, 11) is 0. The van der Waals surface area contributed by atoms with Gasteiger partial charge < -0.3 is 0 Å². The number of hydrogen-bond donors (Lipinski definition) is 0. The van der Waals surface area contributed by atoms with Gasteiger partial charge in [0.05, 0.1) is 11.0 Å². The maximum absolute atomic E-state index is 13.6. The molecule has 0 saturated heterocycles. The van der Waals surface area contributed by atoms with Crippen LogP contribution >= 0.6 is 23.2 Å². The highest BCUT2D eigenvalue weighted by molar-refractivity contribution is 6.31. The van der Waals surface area contributed by atoms with Crippen LogP contribution in [0.15, 0.2) is 36.4 Å². The van der Waals surface area contributed by atoms with Crippen molar-refractivity contribution in [2.24, 2.45) is 0 Å². The summed E-state index contributed by atoms with van der Waals surface area (Å²) in [6.07, 6.45) is 0.601. The van der Waals surface area contributed by atoms with E-state index in [2.05, 4.69) is 4.98 Å². The molecule has 0 aliphatic heterocycles. The van der Waals surface area contributed by atoms with E-state index in [9.17, 15) is 4.39 Å². The number of rotatable bonds is 3. The summed E-state index contributed by atoms with van der Waals surface area (Å²) in [5.41, 5.74) is 3.32. The van der Waals surface area contributed by atoms with E-state index >= 15 is 0 Å². The van der Waals surface area contributed by atoms with Crippen molar-refractivity contribution in [1.29, 1.82) is 0 Å². The molecule has 0 N–H and O–H groups in total. The Morgan fingerprint density at radius 2 is 2.00 bits per heavy atom. The van der Waals surface area contributed by atoms with Gasteiger partial charge in [-0.1, -0.05) is 17.7 Å². The molecule has 0 radical (unpaired) electrons. The van der Waals surface area contributed by atoms with Crippen molar-refractivity contribution in [1.82, 2.24) is 9.55 Å². The number of hydrogen-bond acceptors (Lipinski definition) is 1. The van der Waals surface area contributed by atoms with Crippen LogP contribution in [0.3, 0.4) is 0 Å². The van der Waals surface area contributed by atoms with Crippen molar-refractivity contribution in [3.63, 3.8) is 0 Å². The molecule has 0 amide bonds. The van der Waals surface area contributed by atoms with Crippen molar-refractivity contribution in [3.05, 3.63) is 58.6 Å². The number of aromatic nitrogens is 2. The minimum Gasteiger partial charge on any atom is -0.296 e. The molecule has 2 aromatic carbocycles. The van der Waals surface area contributed by atoms with Gasteiger partial charge in [0.1, 0.15) is 11.6 Å². The molecule has 1 heterocycles. The van der Waals surface area contributed by atoms with Gasteiger partial charge in [0.2, 0.25) is 0 Å². The normalized spacial score (nSPS) is 11.2. The van der Waals surface area contributed by atoms with Crippen LogP contribution in [0.25, 0.3) is 16.7 Å². The summed E-state index contributed by atoms with van der Waals surface area (Å²) in [5.74, 6) is 0.954. The number of benzene rings is 2. The predicted octanol–water partition coefficient (Wildman–Crippen LogP) is 4.91. The second kappa shape index (κ2) is 5.66. The molecule has 0 aliphatic carbocycles. The fourth-order valence-electron chi connectivity index (χ4n) is 2.36. The summed E-state index contributed by atoms with van der Waals surface area (Å²) < 4.78 is 15.5. The van der Waals surface area contributed by atoms with Gasteiger partial charge in [-0.05, 0) is 36.8 Å². The van der Waals surface area contributed by atoms with Crippen molar-refractivity contribution in [3.8, 4) is 5.69 Å². The molecule has 2 nitrogen and oxygen atoms in total. The molecule has 0 bridgehead atoms. The van der Waals surface area contributed by atoms with Crippen molar-refractivity contribution in [2.75, 3.05) is 5.88 Å². The number of alkyl halides is 1. The van der Waals surface area contributed by atoms with Crippen LogP contribution < -0.4 is 0 Å². The van der Waals surface area contributed by atoms with Crippen molar-refractivity contribution in [2.45, 2.75) is 13.3 Å². The van der Waals surface area contributed by atoms with Crippen LogP contribution in [-0.2, 0) is 6.42 Å². The summed E-state index contributed by atoms with van der Waals surface area (Å²) in [6, 6.07) is 10.3. The minimum absolute atomic E-state index is 0.292. The van der Waals surface area contributed by atoms with Gasteiger partial charge in [0.25, 0.3) is 0 Å². The molecular weight excluding hydrogens is 310 g/mol. The van der Waals surface area contributed by atoms with E-state index in [0.717, 1.165) is 28.1 Å². The minimum atomic E-state index is -0.292. The number of imidazole rings is 1. The fraction of sp³-hybridized carbons (Fsp3) is 0.188. The average Bonchev–Trinajstić information content (AvgIpc) is 2.80. The molecule has 0 fully saturated rings. The summed E-state index contributed by atoms with van der Waals surface area (Å²) >= 11 is 12.1. The topological polar surface area (TPSA) is 17.8 Å². The largest absolute Gasteiger partial charge is 0.296 e. The van der Waals surface area contributed by atoms with Crippen LogP contribution in [0.2, 0.25) is 5.02 Å². The zero-order valence-corrected chi connectivity index (χ0v) is 12.9. The van der Waals surface area contributed by atoms with Gasteiger partial charge in [-0.2, -0.15) is 0 Å². The van der Waals surface area contributed by atoms with Crippen LogP contribution in [0, 0.1) is 12.7 Å². The molecule has 1 aromatic heterocycles. The zero-order valence-electron chi connectivity index (χ0n) is 11.4. The highest BCUT2D eigenvalue weighted by Crippen LogP contribution is 2.26. The van der Waals surface area contributed by atoms with E-state index in [4.69, 9.17) is 23.2 Å². The first-order valence-corrected chi connectivity index (χ1v) is 7.51. The van der Waals surface area contributed by atoms with E-state index < -0.39 is 0 Å². The highest BCUT2D eigenvalue weighted by atomic mass is 35.5. The molecule has 108 valence electrons. The SMILES string of the molecule is Cc1ccc(-n2c(CCCl)nc3ccc(F)cc32)cc1Cl. The summed E-state index contributed by atoms with van der Waals surface area (Å²) in [6.45, 7) is 1.94. The fourth-order valence-corrected chi connectivity index (χ4v) is 2.70. The van der Waals surface area contributed by atoms with Gasteiger partial charge in [-0.25, -0.2) is 9.37 Å². The number of halogens is 3. The zero-order chi connectivity index (χ0) is 15.0. The third kappa shape index (κ3) is 2.63. The molecular formula is C16H13Cl2FN2. The van der Waals surface area contributed by atoms with Gasteiger partial charge in [-0.15, -0.1) is 11.6 Å². The molecule has 0 spiro atoms. The van der Waals surface area contributed by atoms with Crippen LogP contribution in [-0.4, -0.2) is 15.4 Å². The van der Waals surface area contributed by atoms with Crippen LogP contribution in [0.4, 0.5) is 4.39 Å². The number of fused-ring (bicyclic) bond motifs is 1. The predicted molar refractivity (Wildman–Crippen MR) is 85.2 cm³/mol. The number of nitrogens with zero attached hydrogens (tertiary/aromatic N) is 2. The van der Waals surface area contributed by atoms with Gasteiger partial charge in [0.15, 0.2) is 0 Å². The quantitative estimate of drug-likeness (QED) is 0.626. The Hall–Kier alpha value is -1.58. The molecule has 3 aromatic rings. The highest BCUT2D eigenvalue weighted by Gasteiger charge is 2.13. The molecule has 3 rings (SSSR count). The Bertz CT molecular complexity index is 811. The third-order valence-corrected chi connectivity index (χ3v) is 4.01. The van der Waals surface area contributed by atoms with Gasteiger partial charge >= 0.3 is 0 Å². The van der Waals surface area contributed by atoms with E-state index in [1.165, 1.54) is 12.1 Å². The van der Waals surface area contributed by atoms with Crippen LogP contribution in [0.1, 0.15) is 11.4 Å². The standard InChI is InChI=1S/C16H13Cl2FN2/c1-10-2-4-12(9-13(10)18)21-15-8-11(19)3-5-14(15)20-16(21)6-7-17/h2-5,8-9H,6-7H2,1H3. The summed E-state index contributed by atoms with van der Waals surface area (Å²) in [4.78, 5) is 4.54. The van der Waals surface area contributed by atoms with Gasteiger partial charge in [-0.3, -0.25) is 4.57 Å². The van der Waals surface area contributed by atoms with E-state index in [1.54, 1.807) is 6.07 Å². The van der Waals surface area contributed by atoms with E-state index in [0.29, 0.717) is 17.3 Å². The lowest BCUT2D eigenvalue weighted by atomic mass is 10.2. The van der Waals surface area contributed by atoms with E-state index in [1.807, 2.05) is 29.7 Å². The van der Waals surface area contributed by atoms with Crippen molar-refractivity contribution >= 4 is 34.2 Å². The second-order valence-corrected chi connectivity index (χ2v) is 5.65. The third-order valence-electron chi connectivity index (χ3n) is 3.42. The van der Waals surface area contributed by atoms with Crippen molar-refractivity contribution < 1.29 is 4.39 Å². The molecule has 0 unspecified atom stereocenters. The first-order valence-electron chi connectivity index (χ1n) is 6.59. The lowest BCUT2D eigenvalue weighted by Crippen LogP contribution is -2.02. The Kier molecular flexibility index (Phi) is 3.87. The van der Waals surface area contributed by atoms with Gasteiger partial charge in [0, 0.05) is 29.1 Å². The molecule has 0 saturated carbocycles. The average molecular weight is 323 g/mol. The van der Waals surface area contributed by atoms with E-state index in [-0.39, 0.29) is 5.82 Å². The van der Waals surface area contributed by atoms with Crippen LogP contribution in [0.5, 0.6) is 0 Å². The molecule has 21 heavy (non-hydrogen) atoms. The Morgan fingerprint density at radius 1 is 1.19 bits per heavy atom. The monoisotopic (exact) mass is 322 g/mol. The Balaban J connectivity index is 2.29. The Labute approximate surface area is 132 Å². The summed E-state index contributed by atoms with van der Waals surface area (Å²) in [5, 5.41) is 0.669. The first kappa shape index (κ1) is 14.4. The first-order chi connectivity index (χ1) is 10.1. The number of aryl methyl sites for hydroxylation is 2. The maximum Gasteiger partial charge on any atom is 0.125 e. The maximum atomic E-state index is 13.6. The lowest BCUT2D eigenvalue weighted by Gasteiger charge is -2.10. The Morgan fingerprint density at radius 3 is 2.71 bits per heavy atom. The molecule has 5 heteroatoms. The smallest absolute Gasteiger partial charge is 0.125 e. The molecule has 0 aliphatic rings.